The lowest BCUT2D eigenvalue weighted by atomic mass is 10.1. The van der Waals surface area contributed by atoms with Crippen LogP contribution in [0.3, 0.4) is 0 Å². The van der Waals surface area contributed by atoms with Gasteiger partial charge < -0.3 is 15.3 Å². The van der Waals surface area contributed by atoms with Crippen LogP contribution in [0.2, 0.25) is 0 Å². The van der Waals surface area contributed by atoms with E-state index in [1.807, 2.05) is 14.0 Å². The second kappa shape index (κ2) is 7.67. The molecule has 1 rings (SSSR count). The van der Waals surface area contributed by atoms with Crippen molar-refractivity contribution in [3.8, 4) is 0 Å². The maximum atomic E-state index is 12.9. The number of nitrogens with one attached hydrogen (secondary N) is 1. The van der Waals surface area contributed by atoms with Crippen molar-refractivity contribution in [1.82, 2.24) is 15.2 Å². The van der Waals surface area contributed by atoms with Crippen LogP contribution in [-0.4, -0.2) is 47.3 Å². The van der Waals surface area contributed by atoms with E-state index in [4.69, 9.17) is 0 Å². The van der Waals surface area contributed by atoms with Crippen molar-refractivity contribution in [3.63, 3.8) is 0 Å². The fourth-order valence-corrected chi connectivity index (χ4v) is 2.28. The second-order valence-electron chi connectivity index (χ2n) is 5.85. The molecular weight excluding hydrogens is 257 g/mol. The first kappa shape index (κ1) is 17.0. The fourth-order valence-electron chi connectivity index (χ4n) is 2.28. The zero-order chi connectivity index (χ0) is 15.2. The van der Waals surface area contributed by atoms with Crippen LogP contribution < -0.4 is 5.32 Å². The van der Waals surface area contributed by atoms with Crippen molar-refractivity contribution in [2.24, 2.45) is 0 Å². The molecule has 114 valence electrons. The van der Waals surface area contributed by atoms with Gasteiger partial charge in [0.2, 0.25) is 0 Å². The third-order valence-corrected chi connectivity index (χ3v) is 3.01. The number of hydrogen-bond donors (Lipinski definition) is 2. The number of hydrogen-bond acceptors (Lipinski definition) is 4. The van der Waals surface area contributed by atoms with E-state index in [0.29, 0.717) is 6.54 Å². The summed E-state index contributed by atoms with van der Waals surface area (Å²) in [5.74, 6) is -0.317. The number of aromatic nitrogens is 1. The molecule has 1 heterocycles. The Morgan fingerprint density at radius 2 is 2.15 bits per heavy atom. The summed E-state index contributed by atoms with van der Waals surface area (Å²) in [6, 6.07) is 3.26. The molecule has 1 unspecified atom stereocenters. The number of rotatable bonds is 8. The molecule has 0 radical (unpaired) electrons. The van der Waals surface area contributed by atoms with Gasteiger partial charge in [-0.25, -0.2) is 4.39 Å². The Morgan fingerprint density at radius 1 is 1.45 bits per heavy atom. The van der Waals surface area contributed by atoms with E-state index in [0.717, 1.165) is 25.2 Å². The van der Waals surface area contributed by atoms with E-state index < -0.39 is 5.60 Å². The molecule has 1 aromatic heterocycles. The third-order valence-electron chi connectivity index (χ3n) is 3.01. The van der Waals surface area contributed by atoms with Crippen LogP contribution in [0.5, 0.6) is 0 Å². The van der Waals surface area contributed by atoms with Gasteiger partial charge in [0.15, 0.2) is 0 Å². The maximum absolute atomic E-state index is 12.9. The van der Waals surface area contributed by atoms with Gasteiger partial charge in [-0.05, 0) is 52.5 Å². The molecule has 2 N–H and O–H groups in total. The van der Waals surface area contributed by atoms with Gasteiger partial charge in [-0.2, -0.15) is 0 Å². The fraction of sp³-hybridized carbons (Fsp3) is 0.667. The average Bonchev–Trinajstić information content (AvgIpc) is 2.33. The highest BCUT2D eigenvalue weighted by Crippen LogP contribution is 2.15. The highest BCUT2D eigenvalue weighted by Gasteiger charge is 2.17. The van der Waals surface area contributed by atoms with Crippen LogP contribution in [0.15, 0.2) is 18.3 Å². The minimum absolute atomic E-state index is 0.102. The Hall–Kier alpha value is -1.04. The summed E-state index contributed by atoms with van der Waals surface area (Å²) in [5.41, 5.74) is 0.154. The van der Waals surface area contributed by atoms with Crippen LogP contribution in [0.1, 0.15) is 38.9 Å². The summed E-state index contributed by atoms with van der Waals surface area (Å²) in [4.78, 5) is 6.24. The minimum atomic E-state index is -0.698. The molecule has 0 aromatic carbocycles. The standard InChI is InChI=1S/C15H26FN3O/c1-5-17-14(13-7-6-12(16)10-18-13)8-9-19(4)11-15(2,3)20/h6-7,10,14,17,20H,5,8-9,11H2,1-4H3. The lowest BCUT2D eigenvalue weighted by Crippen LogP contribution is -2.37. The Bertz CT molecular complexity index is 389. The molecule has 0 amide bonds. The Balaban J connectivity index is 2.57. The minimum Gasteiger partial charge on any atom is -0.389 e. The molecule has 4 nitrogen and oxygen atoms in total. The van der Waals surface area contributed by atoms with Gasteiger partial charge in [-0.3, -0.25) is 4.98 Å². The van der Waals surface area contributed by atoms with Gasteiger partial charge >= 0.3 is 0 Å². The molecule has 0 spiro atoms. The van der Waals surface area contributed by atoms with Crippen LogP contribution in [0.4, 0.5) is 4.39 Å². The third kappa shape index (κ3) is 6.41. The van der Waals surface area contributed by atoms with Gasteiger partial charge in [0.05, 0.1) is 23.5 Å². The molecule has 20 heavy (non-hydrogen) atoms. The number of nitrogens with zero attached hydrogens (tertiary/aromatic N) is 2. The maximum Gasteiger partial charge on any atom is 0.141 e. The molecule has 5 heteroatoms. The van der Waals surface area contributed by atoms with Crippen molar-refractivity contribution in [2.75, 3.05) is 26.7 Å². The van der Waals surface area contributed by atoms with Gasteiger partial charge in [-0.15, -0.1) is 0 Å². The monoisotopic (exact) mass is 283 g/mol. The van der Waals surface area contributed by atoms with Crippen LogP contribution in [0.25, 0.3) is 0 Å². The zero-order valence-electron chi connectivity index (χ0n) is 12.9. The second-order valence-corrected chi connectivity index (χ2v) is 5.85. The summed E-state index contributed by atoms with van der Waals surface area (Å²) in [7, 11) is 1.99. The summed E-state index contributed by atoms with van der Waals surface area (Å²) in [5, 5.41) is 13.2. The predicted octanol–water partition coefficient (Wildman–Crippen LogP) is 1.96. The van der Waals surface area contributed by atoms with E-state index in [9.17, 15) is 9.50 Å². The van der Waals surface area contributed by atoms with Crippen molar-refractivity contribution in [2.45, 2.75) is 38.8 Å². The van der Waals surface area contributed by atoms with Gasteiger partial charge in [0, 0.05) is 6.54 Å². The van der Waals surface area contributed by atoms with E-state index in [2.05, 4.69) is 15.2 Å². The normalized spacial score (nSPS) is 13.8. The Labute approximate surface area is 121 Å². The van der Waals surface area contributed by atoms with Crippen LogP contribution in [0, 0.1) is 5.82 Å². The number of pyridine rings is 1. The molecule has 0 aliphatic rings. The summed E-state index contributed by atoms with van der Waals surface area (Å²) in [6.07, 6.45) is 2.11. The molecule has 0 bridgehead atoms. The van der Waals surface area contributed by atoms with E-state index in [1.54, 1.807) is 19.9 Å². The summed E-state index contributed by atoms with van der Waals surface area (Å²) < 4.78 is 12.9. The quantitative estimate of drug-likeness (QED) is 0.766. The van der Waals surface area contributed by atoms with Crippen molar-refractivity contribution < 1.29 is 9.50 Å². The van der Waals surface area contributed by atoms with E-state index in [-0.39, 0.29) is 11.9 Å². The van der Waals surface area contributed by atoms with Gasteiger partial charge in [-0.1, -0.05) is 6.92 Å². The lowest BCUT2D eigenvalue weighted by Gasteiger charge is -2.27. The Kier molecular flexibility index (Phi) is 6.52. The molecule has 0 aliphatic heterocycles. The predicted molar refractivity (Wildman–Crippen MR) is 79.0 cm³/mol. The lowest BCUT2D eigenvalue weighted by molar-refractivity contribution is 0.0435. The van der Waals surface area contributed by atoms with Crippen LogP contribution >= 0.6 is 0 Å². The first-order valence-corrected chi connectivity index (χ1v) is 7.07. The van der Waals surface area contributed by atoms with Crippen molar-refractivity contribution in [3.05, 3.63) is 29.8 Å². The SMILES string of the molecule is CCNC(CCN(C)CC(C)(C)O)c1ccc(F)cn1. The number of halogens is 1. The molecule has 0 fully saturated rings. The molecular formula is C15H26FN3O. The van der Waals surface area contributed by atoms with Crippen molar-refractivity contribution in [1.29, 1.82) is 0 Å². The summed E-state index contributed by atoms with van der Waals surface area (Å²) in [6.45, 7) is 7.92. The Morgan fingerprint density at radius 3 is 2.65 bits per heavy atom. The molecule has 0 saturated heterocycles. The van der Waals surface area contributed by atoms with Gasteiger partial charge in [0.25, 0.3) is 0 Å². The summed E-state index contributed by atoms with van der Waals surface area (Å²) >= 11 is 0. The highest BCUT2D eigenvalue weighted by molar-refractivity contribution is 5.10. The molecule has 0 aliphatic carbocycles. The smallest absolute Gasteiger partial charge is 0.141 e. The van der Waals surface area contributed by atoms with E-state index in [1.165, 1.54) is 12.3 Å². The number of aliphatic hydroxyl groups is 1. The first-order valence-electron chi connectivity index (χ1n) is 7.07. The van der Waals surface area contributed by atoms with Crippen molar-refractivity contribution >= 4 is 0 Å². The molecule has 0 saturated carbocycles. The topological polar surface area (TPSA) is 48.4 Å². The van der Waals surface area contributed by atoms with Crippen LogP contribution in [-0.2, 0) is 0 Å². The van der Waals surface area contributed by atoms with E-state index >= 15 is 0 Å². The first-order chi connectivity index (χ1) is 9.31. The molecule has 1 aromatic rings. The highest BCUT2D eigenvalue weighted by atomic mass is 19.1. The zero-order valence-corrected chi connectivity index (χ0v) is 12.9. The average molecular weight is 283 g/mol. The van der Waals surface area contributed by atoms with Gasteiger partial charge in [0.1, 0.15) is 5.82 Å². The largest absolute Gasteiger partial charge is 0.389 e. The molecule has 1 atom stereocenters. The number of likely N-dealkylation sites (N-methyl/N-ethyl adjacent to an activating group) is 1.